The molecular formula is C17H34N2O2. The summed E-state index contributed by atoms with van der Waals surface area (Å²) in [5.74, 6) is 1.22. The molecule has 1 fully saturated rings. The third-order valence-electron chi connectivity index (χ3n) is 3.90. The van der Waals surface area contributed by atoms with E-state index in [1.807, 2.05) is 0 Å². The van der Waals surface area contributed by atoms with E-state index in [4.69, 9.17) is 4.74 Å². The predicted molar refractivity (Wildman–Crippen MR) is 87.0 cm³/mol. The maximum Gasteiger partial charge on any atom is 0.241 e. The zero-order valence-electron chi connectivity index (χ0n) is 14.7. The number of hydrogen-bond acceptors (Lipinski definition) is 3. The number of amides is 1. The van der Waals surface area contributed by atoms with Crippen molar-refractivity contribution in [1.29, 1.82) is 0 Å². The first-order chi connectivity index (χ1) is 9.82. The lowest BCUT2D eigenvalue weighted by atomic mass is 10.0. The van der Waals surface area contributed by atoms with Crippen molar-refractivity contribution < 1.29 is 9.53 Å². The zero-order chi connectivity index (χ0) is 16.0. The van der Waals surface area contributed by atoms with Gasteiger partial charge in [0.2, 0.25) is 5.91 Å². The highest BCUT2D eigenvalue weighted by atomic mass is 16.5. The van der Waals surface area contributed by atoms with E-state index in [-0.39, 0.29) is 18.1 Å². The van der Waals surface area contributed by atoms with Gasteiger partial charge in [0.25, 0.3) is 0 Å². The van der Waals surface area contributed by atoms with Gasteiger partial charge in [-0.3, -0.25) is 10.1 Å². The van der Waals surface area contributed by atoms with Crippen LogP contribution in [0.3, 0.4) is 0 Å². The molecule has 1 amide bonds. The van der Waals surface area contributed by atoms with Gasteiger partial charge >= 0.3 is 0 Å². The second-order valence-corrected chi connectivity index (χ2v) is 7.19. The Kier molecular flexibility index (Phi) is 7.67. The number of rotatable bonds is 9. The zero-order valence-corrected chi connectivity index (χ0v) is 14.7. The van der Waals surface area contributed by atoms with Crippen LogP contribution in [-0.2, 0) is 9.53 Å². The number of carbonyl (C=O) groups excluding carboxylic acids is 1. The molecule has 1 rings (SSSR count). The van der Waals surface area contributed by atoms with Crippen LogP contribution in [0, 0.1) is 11.8 Å². The average molecular weight is 298 g/mol. The Bertz CT molecular complexity index is 316. The standard InChI is InChI=1S/C17H34N2O2/c1-12(2)11-15-18-16(13(3)4)17(20)19(15)9-7-8-10-21-14(5)6/h12-16,18H,7-11H2,1-6H3. The van der Waals surface area contributed by atoms with Crippen molar-refractivity contribution in [2.75, 3.05) is 13.2 Å². The van der Waals surface area contributed by atoms with Crippen molar-refractivity contribution in [3.8, 4) is 0 Å². The summed E-state index contributed by atoms with van der Waals surface area (Å²) in [6, 6.07) is -0.0133. The maximum absolute atomic E-state index is 12.5. The SMILES string of the molecule is CC(C)CC1NC(C(C)C)C(=O)N1CCCCOC(C)C. The van der Waals surface area contributed by atoms with Crippen molar-refractivity contribution in [2.24, 2.45) is 11.8 Å². The van der Waals surface area contributed by atoms with Crippen molar-refractivity contribution >= 4 is 5.91 Å². The minimum Gasteiger partial charge on any atom is -0.379 e. The lowest BCUT2D eigenvalue weighted by Gasteiger charge is -2.25. The molecule has 2 unspecified atom stereocenters. The monoisotopic (exact) mass is 298 g/mol. The van der Waals surface area contributed by atoms with Crippen LogP contribution in [0.4, 0.5) is 0 Å². The Labute approximate surface area is 130 Å². The molecule has 1 N–H and O–H groups in total. The van der Waals surface area contributed by atoms with E-state index in [0.717, 1.165) is 32.4 Å². The molecule has 0 saturated carbocycles. The van der Waals surface area contributed by atoms with Crippen molar-refractivity contribution in [1.82, 2.24) is 10.2 Å². The number of nitrogens with zero attached hydrogens (tertiary/aromatic N) is 1. The van der Waals surface area contributed by atoms with Crippen LogP contribution in [0.25, 0.3) is 0 Å². The summed E-state index contributed by atoms with van der Waals surface area (Å²) in [7, 11) is 0. The molecule has 0 aromatic carbocycles. The van der Waals surface area contributed by atoms with Crippen LogP contribution in [0.5, 0.6) is 0 Å². The molecule has 0 spiro atoms. The molecule has 0 aromatic rings. The van der Waals surface area contributed by atoms with Gasteiger partial charge in [-0.2, -0.15) is 0 Å². The van der Waals surface area contributed by atoms with Gasteiger partial charge in [0, 0.05) is 13.2 Å². The minimum absolute atomic E-state index is 0.0133. The summed E-state index contributed by atoms with van der Waals surface area (Å²) in [5, 5.41) is 3.53. The van der Waals surface area contributed by atoms with E-state index >= 15 is 0 Å². The first kappa shape index (κ1) is 18.4. The van der Waals surface area contributed by atoms with Gasteiger partial charge in [0.05, 0.1) is 18.3 Å². The second kappa shape index (κ2) is 8.74. The Balaban J connectivity index is 2.48. The fourth-order valence-corrected chi connectivity index (χ4v) is 2.79. The molecule has 124 valence electrons. The molecule has 1 aliphatic rings. The van der Waals surface area contributed by atoms with Crippen LogP contribution in [0.2, 0.25) is 0 Å². The highest BCUT2D eigenvalue weighted by Crippen LogP contribution is 2.22. The van der Waals surface area contributed by atoms with Gasteiger partial charge in [-0.15, -0.1) is 0 Å². The lowest BCUT2D eigenvalue weighted by molar-refractivity contribution is -0.131. The maximum atomic E-state index is 12.5. The molecule has 0 aliphatic carbocycles. The first-order valence-corrected chi connectivity index (χ1v) is 8.51. The summed E-state index contributed by atoms with van der Waals surface area (Å²) in [6.45, 7) is 14.4. The lowest BCUT2D eigenvalue weighted by Crippen LogP contribution is -2.39. The normalized spacial score (nSPS) is 23.1. The number of ether oxygens (including phenoxy) is 1. The second-order valence-electron chi connectivity index (χ2n) is 7.19. The molecule has 2 atom stereocenters. The molecule has 1 heterocycles. The van der Waals surface area contributed by atoms with Gasteiger partial charge in [0.15, 0.2) is 0 Å². The number of nitrogens with one attached hydrogen (secondary N) is 1. The molecule has 0 aromatic heterocycles. The summed E-state index contributed by atoms with van der Waals surface area (Å²) in [4.78, 5) is 14.6. The van der Waals surface area contributed by atoms with Crippen LogP contribution >= 0.6 is 0 Å². The fourth-order valence-electron chi connectivity index (χ4n) is 2.79. The third kappa shape index (κ3) is 5.95. The largest absolute Gasteiger partial charge is 0.379 e. The Morgan fingerprint density at radius 2 is 1.81 bits per heavy atom. The van der Waals surface area contributed by atoms with E-state index in [1.165, 1.54) is 0 Å². The Morgan fingerprint density at radius 1 is 1.14 bits per heavy atom. The average Bonchev–Trinajstić information content (AvgIpc) is 2.65. The molecule has 0 radical (unpaired) electrons. The topological polar surface area (TPSA) is 41.6 Å². The van der Waals surface area contributed by atoms with Crippen LogP contribution in [0.1, 0.15) is 60.8 Å². The highest BCUT2D eigenvalue weighted by molar-refractivity contribution is 5.84. The van der Waals surface area contributed by atoms with Gasteiger partial charge in [-0.25, -0.2) is 0 Å². The summed E-state index contributed by atoms with van der Waals surface area (Å²) >= 11 is 0. The summed E-state index contributed by atoms with van der Waals surface area (Å²) < 4.78 is 5.57. The summed E-state index contributed by atoms with van der Waals surface area (Å²) in [6.07, 6.45) is 3.55. The molecule has 4 heteroatoms. The summed E-state index contributed by atoms with van der Waals surface area (Å²) in [5.41, 5.74) is 0. The van der Waals surface area contributed by atoms with E-state index in [0.29, 0.717) is 17.9 Å². The van der Waals surface area contributed by atoms with Gasteiger partial charge in [-0.1, -0.05) is 27.7 Å². The minimum atomic E-state index is -0.0133. The van der Waals surface area contributed by atoms with Crippen LogP contribution in [-0.4, -0.2) is 42.3 Å². The van der Waals surface area contributed by atoms with Crippen LogP contribution < -0.4 is 5.32 Å². The molecule has 4 nitrogen and oxygen atoms in total. The van der Waals surface area contributed by atoms with Gasteiger partial charge < -0.3 is 9.64 Å². The molecule has 21 heavy (non-hydrogen) atoms. The van der Waals surface area contributed by atoms with Gasteiger partial charge in [-0.05, 0) is 44.9 Å². The van der Waals surface area contributed by atoms with Crippen molar-refractivity contribution in [3.05, 3.63) is 0 Å². The van der Waals surface area contributed by atoms with E-state index in [9.17, 15) is 4.79 Å². The van der Waals surface area contributed by atoms with Crippen molar-refractivity contribution in [2.45, 2.75) is 79.1 Å². The molecule has 0 bridgehead atoms. The number of unbranched alkanes of at least 4 members (excludes halogenated alkanes) is 1. The van der Waals surface area contributed by atoms with E-state index in [1.54, 1.807) is 0 Å². The third-order valence-corrected chi connectivity index (χ3v) is 3.90. The number of hydrogen-bond donors (Lipinski definition) is 1. The molecule has 1 saturated heterocycles. The fraction of sp³-hybridized carbons (Fsp3) is 0.941. The molecule has 1 aliphatic heterocycles. The Hall–Kier alpha value is -0.610. The van der Waals surface area contributed by atoms with E-state index in [2.05, 4.69) is 51.8 Å². The predicted octanol–water partition coefficient (Wildman–Crippen LogP) is 3.02. The van der Waals surface area contributed by atoms with Gasteiger partial charge in [0.1, 0.15) is 0 Å². The molecular weight excluding hydrogens is 264 g/mol. The highest BCUT2D eigenvalue weighted by Gasteiger charge is 2.39. The first-order valence-electron chi connectivity index (χ1n) is 8.51. The Morgan fingerprint density at radius 3 is 2.33 bits per heavy atom. The number of carbonyl (C=O) groups is 1. The van der Waals surface area contributed by atoms with Crippen LogP contribution in [0.15, 0.2) is 0 Å². The van der Waals surface area contributed by atoms with Crippen molar-refractivity contribution in [3.63, 3.8) is 0 Å². The smallest absolute Gasteiger partial charge is 0.241 e. The van der Waals surface area contributed by atoms with E-state index < -0.39 is 0 Å². The quantitative estimate of drug-likeness (QED) is 0.665.